The fourth-order valence-corrected chi connectivity index (χ4v) is 1.26. The van der Waals surface area contributed by atoms with Gasteiger partial charge in [-0.2, -0.15) is 5.10 Å². The molecule has 0 atom stereocenters. The first-order valence-electron chi connectivity index (χ1n) is 4.39. The van der Waals surface area contributed by atoms with Crippen molar-refractivity contribution in [1.29, 1.82) is 0 Å². The largest absolute Gasteiger partial charge is 0.475 e. The monoisotopic (exact) mass is 203 g/mol. The summed E-state index contributed by atoms with van der Waals surface area (Å²) in [6.07, 6.45) is 1.23. The Hall–Kier alpha value is -2.17. The van der Waals surface area contributed by atoms with Crippen LogP contribution in [-0.4, -0.2) is 25.8 Å². The van der Waals surface area contributed by atoms with Crippen molar-refractivity contribution in [2.75, 3.05) is 0 Å². The fraction of sp³-hybridized carbons (Fsp3) is 0.100. The molecule has 0 spiro atoms. The van der Waals surface area contributed by atoms with Gasteiger partial charge >= 0.3 is 5.97 Å². The highest BCUT2D eigenvalue weighted by molar-refractivity contribution is 5.83. The highest BCUT2D eigenvalue weighted by atomic mass is 16.4. The van der Waals surface area contributed by atoms with Gasteiger partial charge in [0, 0.05) is 0 Å². The quantitative estimate of drug-likeness (QED) is 0.798. The lowest BCUT2D eigenvalue weighted by atomic mass is 10.2. The van der Waals surface area contributed by atoms with Crippen molar-refractivity contribution in [2.45, 2.75) is 6.92 Å². The number of hydrogen-bond donors (Lipinski definition) is 1. The molecule has 1 aromatic carbocycles. The summed E-state index contributed by atoms with van der Waals surface area (Å²) in [6, 6.07) is 7.39. The third-order valence-corrected chi connectivity index (χ3v) is 2.02. The highest BCUT2D eigenvalue weighted by Gasteiger charge is 2.12. The second kappa shape index (κ2) is 3.53. The molecule has 0 unspecified atom stereocenters. The average Bonchev–Trinajstić information content (AvgIpc) is 2.67. The van der Waals surface area contributed by atoms with Gasteiger partial charge in [0.1, 0.15) is 6.33 Å². The average molecular weight is 203 g/mol. The standard InChI is InChI=1S/C10H9N3O2/c1-7-2-4-8(5-3-7)13-9(10(14)15)11-6-12-13/h2-6H,1H3,(H,14,15). The maximum atomic E-state index is 10.8. The van der Waals surface area contributed by atoms with E-state index in [0.717, 1.165) is 5.56 Å². The molecule has 1 N–H and O–H groups in total. The van der Waals surface area contributed by atoms with Crippen molar-refractivity contribution in [3.63, 3.8) is 0 Å². The molecule has 0 aliphatic heterocycles. The Balaban J connectivity index is 2.49. The van der Waals surface area contributed by atoms with Crippen LogP contribution >= 0.6 is 0 Å². The maximum absolute atomic E-state index is 10.8. The van der Waals surface area contributed by atoms with E-state index in [-0.39, 0.29) is 5.82 Å². The van der Waals surface area contributed by atoms with Crippen LogP contribution in [0.2, 0.25) is 0 Å². The Morgan fingerprint density at radius 3 is 2.60 bits per heavy atom. The van der Waals surface area contributed by atoms with Gasteiger partial charge in [0.15, 0.2) is 0 Å². The smallest absolute Gasteiger partial charge is 0.374 e. The van der Waals surface area contributed by atoms with E-state index in [9.17, 15) is 4.79 Å². The van der Waals surface area contributed by atoms with Crippen LogP contribution in [-0.2, 0) is 0 Å². The predicted molar refractivity (Wildman–Crippen MR) is 53.1 cm³/mol. The van der Waals surface area contributed by atoms with Gasteiger partial charge in [-0.1, -0.05) is 17.7 Å². The number of aryl methyl sites for hydroxylation is 1. The van der Waals surface area contributed by atoms with Crippen LogP contribution in [0.15, 0.2) is 30.6 Å². The summed E-state index contributed by atoms with van der Waals surface area (Å²) >= 11 is 0. The maximum Gasteiger partial charge on any atom is 0.374 e. The first-order chi connectivity index (χ1) is 7.18. The molecule has 2 rings (SSSR count). The van der Waals surface area contributed by atoms with Gasteiger partial charge in [-0.15, -0.1) is 0 Å². The van der Waals surface area contributed by atoms with Gasteiger partial charge in [0.2, 0.25) is 5.82 Å². The summed E-state index contributed by atoms with van der Waals surface area (Å²) in [4.78, 5) is 14.5. The van der Waals surface area contributed by atoms with E-state index in [1.807, 2.05) is 19.1 Å². The van der Waals surface area contributed by atoms with E-state index in [2.05, 4.69) is 10.1 Å². The minimum atomic E-state index is -1.09. The zero-order valence-electron chi connectivity index (χ0n) is 8.08. The third kappa shape index (κ3) is 1.71. The number of rotatable bonds is 2. The normalized spacial score (nSPS) is 10.2. The molecule has 0 amide bonds. The van der Waals surface area contributed by atoms with Gasteiger partial charge in [-0.3, -0.25) is 0 Å². The van der Waals surface area contributed by atoms with Gasteiger partial charge in [-0.05, 0) is 19.1 Å². The van der Waals surface area contributed by atoms with Crippen LogP contribution in [0.4, 0.5) is 0 Å². The lowest BCUT2D eigenvalue weighted by molar-refractivity contribution is 0.0680. The summed E-state index contributed by atoms with van der Waals surface area (Å²) in [6.45, 7) is 1.96. The molecule has 1 heterocycles. The lowest BCUT2D eigenvalue weighted by Gasteiger charge is -2.02. The molecule has 0 aliphatic rings. The summed E-state index contributed by atoms with van der Waals surface area (Å²) < 4.78 is 1.29. The summed E-state index contributed by atoms with van der Waals surface area (Å²) in [5, 5.41) is 12.7. The van der Waals surface area contributed by atoms with Crippen LogP contribution in [0.5, 0.6) is 0 Å². The second-order valence-corrected chi connectivity index (χ2v) is 3.14. The van der Waals surface area contributed by atoms with Gasteiger partial charge in [-0.25, -0.2) is 14.5 Å². The molecule has 0 bridgehead atoms. The zero-order chi connectivity index (χ0) is 10.8. The van der Waals surface area contributed by atoms with Gasteiger partial charge in [0.05, 0.1) is 5.69 Å². The molecule has 5 heteroatoms. The minimum Gasteiger partial charge on any atom is -0.475 e. The Labute approximate surface area is 86.0 Å². The molecule has 0 saturated carbocycles. The van der Waals surface area contributed by atoms with Crippen molar-refractivity contribution >= 4 is 5.97 Å². The van der Waals surface area contributed by atoms with E-state index < -0.39 is 5.97 Å². The van der Waals surface area contributed by atoms with E-state index in [1.54, 1.807) is 12.1 Å². The lowest BCUT2D eigenvalue weighted by Crippen LogP contribution is -2.09. The van der Waals surface area contributed by atoms with E-state index in [0.29, 0.717) is 5.69 Å². The number of carboxylic acids is 1. The Morgan fingerprint density at radius 2 is 2.00 bits per heavy atom. The molecule has 0 radical (unpaired) electrons. The first-order valence-corrected chi connectivity index (χ1v) is 4.39. The molecule has 0 fully saturated rings. The zero-order valence-corrected chi connectivity index (χ0v) is 8.08. The summed E-state index contributed by atoms with van der Waals surface area (Å²) in [5.74, 6) is -1.17. The number of hydrogen-bond acceptors (Lipinski definition) is 3. The Morgan fingerprint density at radius 1 is 1.33 bits per heavy atom. The molecule has 0 aliphatic carbocycles. The van der Waals surface area contributed by atoms with E-state index >= 15 is 0 Å². The van der Waals surface area contributed by atoms with Gasteiger partial charge < -0.3 is 5.11 Å². The van der Waals surface area contributed by atoms with E-state index in [4.69, 9.17) is 5.11 Å². The second-order valence-electron chi connectivity index (χ2n) is 3.14. The fourth-order valence-electron chi connectivity index (χ4n) is 1.26. The number of aromatic nitrogens is 3. The minimum absolute atomic E-state index is 0.0844. The first kappa shape index (κ1) is 9.39. The van der Waals surface area contributed by atoms with Crippen molar-refractivity contribution in [1.82, 2.24) is 14.8 Å². The SMILES string of the molecule is Cc1ccc(-n2ncnc2C(=O)O)cc1. The number of carboxylic acid groups (broad SMARTS) is 1. The van der Waals surface area contributed by atoms with Crippen LogP contribution in [0.25, 0.3) is 5.69 Å². The molecule has 2 aromatic rings. The number of carbonyl (C=O) groups is 1. The van der Waals surface area contributed by atoms with Gasteiger partial charge in [0.25, 0.3) is 0 Å². The summed E-state index contributed by atoms with van der Waals surface area (Å²) in [7, 11) is 0. The third-order valence-electron chi connectivity index (χ3n) is 2.02. The number of aromatic carboxylic acids is 1. The Kier molecular flexibility index (Phi) is 2.21. The molecule has 1 aromatic heterocycles. The van der Waals surface area contributed by atoms with Crippen LogP contribution in [0, 0.1) is 6.92 Å². The topological polar surface area (TPSA) is 68.0 Å². The molecule has 0 saturated heterocycles. The van der Waals surface area contributed by atoms with Crippen LogP contribution < -0.4 is 0 Å². The van der Waals surface area contributed by atoms with Crippen molar-refractivity contribution < 1.29 is 9.90 Å². The number of benzene rings is 1. The van der Waals surface area contributed by atoms with E-state index in [1.165, 1.54) is 11.0 Å². The van der Waals surface area contributed by atoms with Crippen molar-refractivity contribution in [3.05, 3.63) is 42.0 Å². The summed E-state index contributed by atoms with van der Waals surface area (Å²) in [5.41, 5.74) is 1.80. The van der Waals surface area contributed by atoms with Crippen LogP contribution in [0.1, 0.15) is 16.2 Å². The Bertz CT molecular complexity index is 488. The van der Waals surface area contributed by atoms with Crippen LogP contribution in [0.3, 0.4) is 0 Å². The molecular weight excluding hydrogens is 194 g/mol. The molecule has 5 nitrogen and oxygen atoms in total. The molecule has 15 heavy (non-hydrogen) atoms. The van der Waals surface area contributed by atoms with Crippen molar-refractivity contribution in [3.8, 4) is 5.69 Å². The highest BCUT2D eigenvalue weighted by Crippen LogP contribution is 2.09. The van der Waals surface area contributed by atoms with Crippen molar-refractivity contribution in [2.24, 2.45) is 0 Å². The predicted octanol–water partition coefficient (Wildman–Crippen LogP) is 1.27. The molecular formula is C10H9N3O2. The number of nitrogens with zero attached hydrogens (tertiary/aromatic N) is 3. The molecule has 76 valence electrons.